The standard InChI is InChI=1S/C23H22ClN3O3S/c1-15-3-6-18(7-4-15)31(28,29)30-17-9-11-26(14-17)20-10-12-27-21-13-16(2)5-8-19(21)25-23(27)22(20)24/h3-8,10,12-13,17H,9,11,14H2,1-2H3/t17-/m0/s1. The van der Waals surface area contributed by atoms with Gasteiger partial charge in [-0.05, 0) is 56.2 Å². The van der Waals surface area contributed by atoms with E-state index < -0.39 is 16.2 Å². The molecule has 2 aromatic carbocycles. The SMILES string of the molecule is Cc1ccc(S(=O)(=O)O[C@H]2CCN(c3ccn4c(nc5ccc(C)cc54)c3Cl)C2)cc1. The zero-order valence-electron chi connectivity index (χ0n) is 17.2. The summed E-state index contributed by atoms with van der Waals surface area (Å²) in [6.07, 6.45) is 2.13. The van der Waals surface area contributed by atoms with Crippen molar-refractivity contribution in [3.8, 4) is 0 Å². The average Bonchev–Trinajstić information content (AvgIpc) is 3.33. The fourth-order valence-corrected chi connectivity index (χ4v) is 5.46. The average molecular weight is 456 g/mol. The molecule has 0 N–H and O–H groups in total. The van der Waals surface area contributed by atoms with Crippen molar-refractivity contribution in [3.05, 3.63) is 70.9 Å². The topological polar surface area (TPSA) is 63.9 Å². The predicted molar refractivity (Wildman–Crippen MR) is 123 cm³/mol. The van der Waals surface area contributed by atoms with Crippen LogP contribution in [0.1, 0.15) is 17.5 Å². The van der Waals surface area contributed by atoms with Crippen molar-refractivity contribution in [2.24, 2.45) is 0 Å². The normalized spacial score (nSPS) is 17.1. The molecule has 1 fully saturated rings. The number of hydrogen-bond donors (Lipinski definition) is 0. The molecule has 0 aliphatic carbocycles. The lowest BCUT2D eigenvalue weighted by Crippen LogP contribution is -2.25. The molecule has 8 heteroatoms. The fourth-order valence-electron chi connectivity index (χ4n) is 4.05. The largest absolute Gasteiger partial charge is 0.367 e. The van der Waals surface area contributed by atoms with Crippen LogP contribution in [0.25, 0.3) is 16.7 Å². The molecule has 1 saturated heterocycles. The minimum absolute atomic E-state index is 0.176. The Balaban J connectivity index is 1.40. The zero-order valence-corrected chi connectivity index (χ0v) is 18.8. The van der Waals surface area contributed by atoms with E-state index in [1.807, 2.05) is 42.6 Å². The molecule has 0 bridgehead atoms. The Morgan fingerprint density at radius 3 is 2.58 bits per heavy atom. The highest BCUT2D eigenvalue weighted by Crippen LogP contribution is 2.34. The molecule has 0 saturated carbocycles. The first-order valence-electron chi connectivity index (χ1n) is 10.1. The predicted octanol–water partition coefficient (Wildman–Crippen LogP) is 4.74. The maximum Gasteiger partial charge on any atom is 0.297 e. The Kier molecular flexibility index (Phi) is 4.92. The number of fused-ring (bicyclic) bond motifs is 3. The van der Waals surface area contributed by atoms with E-state index in [-0.39, 0.29) is 4.90 Å². The van der Waals surface area contributed by atoms with Gasteiger partial charge < -0.3 is 4.90 Å². The smallest absolute Gasteiger partial charge is 0.297 e. The minimum Gasteiger partial charge on any atom is -0.367 e. The number of pyridine rings is 1. The van der Waals surface area contributed by atoms with Gasteiger partial charge in [-0.2, -0.15) is 8.42 Å². The van der Waals surface area contributed by atoms with Gasteiger partial charge in [0.15, 0.2) is 5.65 Å². The highest BCUT2D eigenvalue weighted by Gasteiger charge is 2.30. The van der Waals surface area contributed by atoms with Crippen LogP contribution in [0.15, 0.2) is 59.6 Å². The van der Waals surface area contributed by atoms with E-state index in [1.54, 1.807) is 24.3 Å². The van der Waals surface area contributed by atoms with Gasteiger partial charge in [0.2, 0.25) is 0 Å². The fraction of sp³-hybridized carbons (Fsp3) is 0.261. The first-order valence-corrected chi connectivity index (χ1v) is 11.9. The summed E-state index contributed by atoms with van der Waals surface area (Å²) in [5.41, 5.74) is 5.57. The molecular weight excluding hydrogens is 434 g/mol. The molecule has 0 amide bonds. The summed E-state index contributed by atoms with van der Waals surface area (Å²) in [5.74, 6) is 0. The number of rotatable bonds is 4. The van der Waals surface area contributed by atoms with Crippen LogP contribution in [-0.4, -0.2) is 37.0 Å². The molecule has 160 valence electrons. The van der Waals surface area contributed by atoms with Gasteiger partial charge in [0.25, 0.3) is 10.1 Å². The summed E-state index contributed by atoms with van der Waals surface area (Å²) in [6, 6.07) is 14.7. The molecule has 2 aromatic heterocycles. The number of nitrogens with zero attached hydrogens (tertiary/aromatic N) is 3. The van der Waals surface area contributed by atoms with Crippen LogP contribution in [0, 0.1) is 13.8 Å². The Labute approximate surface area is 186 Å². The number of halogens is 1. The second-order valence-electron chi connectivity index (χ2n) is 8.03. The Bertz CT molecular complexity index is 1400. The Morgan fingerprint density at radius 1 is 1.06 bits per heavy atom. The van der Waals surface area contributed by atoms with Crippen molar-refractivity contribution in [2.45, 2.75) is 31.3 Å². The monoisotopic (exact) mass is 455 g/mol. The molecule has 4 aromatic rings. The molecule has 6 nitrogen and oxygen atoms in total. The van der Waals surface area contributed by atoms with Crippen LogP contribution < -0.4 is 4.90 Å². The van der Waals surface area contributed by atoms with Crippen LogP contribution in [0.5, 0.6) is 0 Å². The number of imidazole rings is 1. The minimum atomic E-state index is -3.81. The van der Waals surface area contributed by atoms with Gasteiger partial charge in [-0.25, -0.2) is 4.98 Å². The third-order valence-electron chi connectivity index (χ3n) is 5.71. The molecule has 1 aliphatic rings. The van der Waals surface area contributed by atoms with E-state index in [1.165, 1.54) is 0 Å². The van der Waals surface area contributed by atoms with Gasteiger partial charge in [0.1, 0.15) is 5.02 Å². The van der Waals surface area contributed by atoms with Gasteiger partial charge in [0.05, 0.1) is 27.7 Å². The second-order valence-corrected chi connectivity index (χ2v) is 9.98. The summed E-state index contributed by atoms with van der Waals surface area (Å²) in [5, 5.41) is 0.554. The molecule has 1 atom stereocenters. The lowest BCUT2D eigenvalue weighted by atomic mass is 10.2. The molecule has 3 heterocycles. The molecule has 5 rings (SSSR count). The summed E-state index contributed by atoms with van der Waals surface area (Å²) in [4.78, 5) is 6.92. The highest BCUT2D eigenvalue weighted by atomic mass is 35.5. The van der Waals surface area contributed by atoms with E-state index in [9.17, 15) is 8.42 Å². The maximum atomic E-state index is 12.6. The van der Waals surface area contributed by atoms with Gasteiger partial charge >= 0.3 is 0 Å². The number of benzene rings is 2. The maximum absolute atomic E-state index is 12.6. The van der Waals surface area contributed by atoms with Gasteiger partial charge in [-0.3, -0.25) is 8.58 Å². The number of hydrogen-bond acceptors (Lipinski definition) is 5. The first-order chi connectivity index (χ1) is 14.8. The van der Waals surface area contributed by atoms with Crippen LogP contribution in [0.3, 0.4) is 0 Å². The molecule has 0 radical (unpaired) electrons. The summed E-state index contributed by atoms with van der Waals surface area (Å²) in [7, 11) is -3.81. The third kappa shape index (κ3) is 3.67. The van der Waals surface area contributed by atoms with Crippen molar-refractivity contribution in [2.75, 3.05) is 18.0 Å². The molecule has 0 spiro atoms. The molecule has 31 heavy (non-hydrogen) atoms. The van der Waals surface area contributed by atoms with Crippen LogP contribution in [0.2, 0.25) is 5.02 Å². The first kappa shape index (κ1) is 20.3. The van der Waals surface area contributed by atoms with Gasteiger partial charge in [-0.1, -0.05) is 35.4 Å². The van der Waals surface area contributed by atoms with Crippen molar-refractivity contribution in [1.29, 1.82) is 0 Å². The quantitative estimate of drug-likeness (QED) is 0.416. The molecule has 0 unspecified atom stereocenters. The van der Waals surface area contributed by atoms with Crippen molar-refractivity contribution in [1.82, 2.24) is 9.38 Å². The number of anilines is 1. The van der Waals surface area contributed by atoms with Gasteiger partial charge in [0, 0.05) is 19.3 Å². The zero-order chi connectivity index (χ0) is 21.8. The van der Waals surface area contributed by atoms with E-state index >= 15 is 0 Å². The van der Waals surface area contributed by atoms with Crippen LogP contribution in [0.4, 0.5) is 5.69 Å². The summed E-state index contributed by atoms with van der Waals surface area (Å²) in [6.45, 7) is 5.06. The summed E-state index contributed by atoms with van der Waals surface area (Å²) >= 11 is 6.74. The highest BCUT2D eigenvalue weighted by molar-refractivity contribution is 7.86. The third-order valence-corrected chi connectivity index (χ3v) is 7.44. The second kappa shape index (κ2) is 7.51. The number of aromatic nitrogens is 2. The number of aryl methyl sites for hydroxylation is 2. The Morgan fingerprint density at radius 2 is 1.81 bits per heavy atom. The summed E-state index contributed by atoms with van der Waals surface area (Å²) < 4.78 is 32.8. The van der Waals surface area contributed by atoms with Crippen molar-refractivity contribution < 1.29 is 12.6 Å². The Hall–Kier alpha value is -2.61. The van der Waals surface area contributed by atoms with Crippen molar-refractivity contribution in [3.63, 3.8) is 0 Å². The van der Waals surface area contributed by atoms with Crippen molar-refractivity contribution >= 4 is 44.1 Å². The van der Waals surface area contributed by atoms with Crippen LogP contribution in [-0.2, 0) is 14.3 Å². The van der Waals surface area contributed by atoms with E-state index in [0.29, 0.717) is 30.2 Å². The molecule has 1 aliphatic heterocycles. The lowest BCUT2D eigenvalue weighted by molar-refractivity contribution is 0.232. The van der Waals surface area contributed by atoms with Gasteiger partial charge in [-0.15, -0.1) is 0 Å². The van der Waals surface area contributed by atoms with E-state index in [4.69, 9.17) is 20.8 Å². The van der Waals surface area contributed by atoms with E-state index in [2.05, 4.69) is 11.0 Å². The molecular formula is C23H22ClN3O3S. The van der Waals surface area contributed by atoms with Crippen LogP contribution >= 0.6 is 11.6 Å². The lowest BCUT2D eigenvalue weighted by Gasteiger charge is -2.20. The van der Waals surface area contributed by atoms with E-state index in [0.717, 1.165) is 27.8 Å².